The molecule has 2 fully saturated rings. The van der Waals surface area contributed by atoms with Crippen LogP contribution in [0.4, 0.5) is 5.13 Å². The highest BCUT2D eigenvalue weighted by Gasteiger charge is 2.55. The van der Waals surface area contributed by atoms with E-state index in [1.807, 2.05) is 0 Å². The van der Waals surface area contributed by atoms with Gasteiger partial charge < -0.3 is 35.3 Å². The van der Waals surface area contributed by atoms with Crippen LogP contribution in [0.2, 0.25) is 0 Å². The summed E-state index contributed by atoms with van der Waals surface area (Å²) in [6.07, 6.45) is 2.73. The molecular formula is C22H32N10O8S2. The monoisotopic (exact) mass is 628 g/mol. The van der Waals surface area contributed by atoms with E-state index >= 15 is 0 Å². The number of carboxylic acids is 1. The number of rotatable bonds is 15. The molecule has 20 heteroatoms. The van der Waals surface area contributed by atoms with Crippen LogP contribution in [0.25, 0.3) is 0 Å². The standard InChI is InChI=1S/C22H32N10O8S2/c1-32(2,3)8-4-7-24-9-13-10-25-30(28-13)11-15-17(19(34)31(15)42(37,38)39)27-18(33)16(14-12-41-21(23)26-14)29-40-22(5-6-22)20(35)36/h10,12,15,17,24H,4-9,11H2,1-3H3,(H4-,23,26,27,33,35,36,37,38,39)/b29-16-/t15-,17+/m1/s1. The van der Waals surface area contributed by atoms with Crippen molar-refractivity contribution in [3.05, 3.63) is 23.0 Å². The number of carbonyl (C=O) groups is 3. The Labute approximate surface area is 245 Å². The highest BCUT2D eigenvalue weighted by molar-refractivity contribution is 7.84. The van der Waals surface area contributed by atoms with Crippen LogP contribution in [0.1, 0.15) is 30.7 Å². The van der Waals surface area contributed by atoms with Crippen molar-refractivity contribution < 1.29 is 41.8 Å². The van der Waals surface area contributed by atoms with Crippen molar-refractivity contribution in [2.45, 2.75) is 50.0 Å². The van der Waals surface area contributed by atoms with E-state index in [0.29, 0.717) is 12.2 Å². The maximum absolute atomic E-state index is 13.2. The highest BCUT2D eigenvalue weighted by Crippen LogP contribution is 2.40. The summed E-state index contributed by atoms with van der Waals surface area (Å²) in [5.74, 6) is -3.46. The molecule has 2 aromatic rings. The molecule has 2 aromatic heterocycles. The van der Waals surface area contributed by atoms with Gasteiger partial charge in [0, 0.05) is 37.7 Å². The first-order valence-electron chi connectivity index (χ1n) is 12.8. The molecule has 0 radical (unpaired) electrons. The molecule has 230 valence electrons. The molecule has 18 nitrogen and oxygen atoms in total. The number of amides is 2. The summed E-state index contributed by atoms with van der Waals surface area (Å²) in [5.41, 5.74) is 4.08. The number of hydrogen-bond donors (Lipinski definition) is 4. The van der Waals surface area contributed by atoms with Gasteiger partial charge in [-0.05, 0) is 0 Å². The Morgan fingerprint density at radius 2 is 2.07 bits per heavy atom. The number of hydrogen-bond acceptors (Lipinski definition) is 14. The Morgan fingerprint density at radius 3 is 2.64 bits per heavy atom. The summed E-state index contributed by atoms with van der Waals surface area (Å²) in [6, 6.07) is -2.82. The molecule has 0 spiro atoms. The van der Waals surface area contributed by atoms with E-state index in [2.05, 4.69) is 52.1 Å². The van der Waals surface area contributed by atoms with Gasteiger partial charge in [0.15, 0.2) is 21.1 Å². The minimum absolute atomic E-state index is 0.0554. The summed E-state index contributed by atoms with van der Waals surface area (Å²) in [6.45, 7) is 1.77. The molecule has 2 atom stereocenters. The summed E-state index contributed by atoms with van der Waals surface area (Å²) >= 11 is 0.974. The van der Waals surface area contributed by atoms with Gasteiger partial charge in [-0.25, -0.2) is 22.5 Å². The van der Waals surface area contributed by atoms with Crippen LogP contribution in [-0.4, -0.2) is 122 Å². The molecule has 1 aliphatic heterocycles. The minimum atomic E-state index is -5.23. The van der Waals surface area contributed by atoms with Crippen LogP contribution in [0, 0.1) is 0 Å². The fourth-order valence-corrected chi connectivity index (χ4v) is 5.50. The van der Waals surface area contributed by atoms with Gasteiger partial charge in [-0.3, -0.25) is 9.59 Å². The van der Waals surface area contributed by atoms with Crippen LogP contribution in [0.15, 0.2) is 16.7 Å². The van der Waals surface area contributed by atoms with E-state index in [-0.39, 0.29) is 34.5 Å². The van der Waals surface area contributed by atoms with E-state index in [9.17, 15) is 32.5 Å². The van der Waals surface area contributed by atoms with Crippen LogP contribution in [-0.2, 0) is 42.6 Å². The summed E-state index contributed by atoms with van der Waals surface area (Å²) < 4.78 is 36.4. The minimum Gasteiger partial charge on any atom is -0.731 e. The maximum atomic E-state index is 13.2. The third kappa shape index (κ3) is 7.37. The van der Waals surface area contributed by atoms with Gasteiger partial charge in [0.05, 0.1) is 52.2 Å². The van der Waals surface area contributed by atoms with Crippen LogP contribution >= 0.6 is 11.3 Å². The first-order chi connectivity index (χ1) is 19.6. The Kier molecular flexibility index (Phi) is 8.83. The molecule has 4 rings (SSSR count). The molecule has 1 saturated heterocycles. The number of quaternary nitrogens is 1. The smallest absolute Gasteiger partial charge is 0.350 e. The van der Waals surface area contributed by atoms with E-state index in [4.69, 9.17) is 10.6 Å². The molecule has 2 aliphatic rings. The number of nitrogens with zero attached hydrogens (tertiary/aromatic N) is 7. The lowest BCUT2D eigenvalue weighted by molar-refractivity contribution is -0.870. The van der Waals surface area contributed by atoms with Crippen molar-refractivity contribution in [1.82, 2.24) is 34.9 Å². The summed E-state index contributed by atoms with van der Waals surface area (Å²) in [4.78, 5) is 47.6. The zero-order chi connectivity index (χ0) is 30.9. The first kappa shape index (κ1) is 31.2. The largest absolute Gasteiger partial charge is 0.731 e. The third-order valence-corrected chi connectivity index (χ3v) is 8.11. The number of nitrogens with one attached hydrogen (secondary N) is 2. The molecule has 5 N–H and O–H groups in total. The van der Waals surface area contributed by atoms with E-state index in [1.54, 1.807) is 0 Å². The van der Waals surface area contributed by atoms with Gasteiger partial charge >= 0.3 is 5.97 Å². The van der Waals surface area contributed by atoms with Gasteiger partial charge in [0.25, 0.3) is 11.8 Å². The van der Waals surface area contributed by atoms with Crippen molar-refractivity contribution >= 4 is 50.3 Å². The van der Waals surface area contributed by atoms with E-state index in [0.717, 1.165) is 40.1 Å². The van der Waals surface area contributed by atoms with E-state index < -0.39 is 51.5 Å². The second-order valence-corrected chi connectivity index (χ2v) is 13.1. The van der Waals surface area contributed by atoms with Crippen LogP contribution < -0.4 is 16.4 Å². The fourth-order valence-electron chi connectivity index (χ4n) is 4.10. The Hall–Kier alpha value is -3.72. The van der Waals surface area contributed by atoms with Crippen molar-refractivity contribution in [3.63, 3.8) is 0 Å². The van der Waals surface area contributed by atoms with Gasteiger partial charge in [-0.2, -0.15) is 15.0 Å². The van der Waals surface area contributed by atoms with Crippen molar-refractivity contribution in [2.24, 2.45) is 5.16 Å². The number of nitrogens with two attached hydrogens (primary N) is 1. The lowest BCUT2D eigenvalue weighted by Gasteiger charge is -2.46. The number of nitrogen functional groups attached to an aromatic ring is 1. The number of oxime groups is 1. The number of anilines is 1. The van der Waals surface area contributed by atoms with Crippen LogP contribution in [0.3, 0.4) is 0 Å². The number of carbonyl (C=O) groups excluding carboxylic acids is 2. The third-order valence-electron chi connectivity index (χ3n) is 6.50. The highest BCUT2D eigenvalue weighted by atomic mass is 32.2. The average Bonchev–Trinajstić information content (AvgIpc) is 3.35. The van der Waals surface area contributed by atoms with Crippen LogP contribution in [0.5, 0.6) is 0 Å². The molecule has 0 aromatic carbocycles. The average molecular weight is 629 g/mol. The Balaban J connectivity index is 1.46. The van der Waals surface area contributed by atoms with Crippen molar-refractivity contribution in [3.8, 4) is 0 Å². The summed E-state index contributed by atoms with van der Waals surface area (Å²) in [5, 5.41) is 28.5. The number of β-lactam (4-membered cyclic amide) rings is 1. The quantitative estimate of drug-likeness (QED) is 0.0405. The predicted molar refractivity (Wildman–Crippen MR) is 145 cm³/mol. The summed E-state index contributed by atoms with van der Waals surface area (Å²) in [7, 11) is 1.06. The normalized spacial score (nSPS) is 20.2. The fraction of sp³-hybridized carbons (Fsp3) is 0.591. The van der Waals surface area contributed by atoms with Gasteiger partial charge in [-0.15, -0.1) is 11.3 Å². The lowest BCUT2D eigenvalue weighted by atomic mass is 9.98. The first-order valence-corrected chi connectivity index (χ1v) is 15.1. The van der Waals surface area contributed by atoms with Gasteiger partial charge in [0.2, 0.25) is 5.60 Å². The molecule has 1 aliphatic carbocycles. The topological polar surface area (TPSA) is 247 Å². The zero-order valence-electron chi connectivity index (χ0n) is 23.1. The molecule has 1 saturated carbocycles. The van der Waals surface area contributed by atoms with Gasteiger partial charge in [0.1, 0.15) is 11.7 Å². The second kappa shape index (κ2) is 11.9. The van der Waals surface area contributed by atoms with Crippen molar-refractivity contribution in [2.75, 3.05) is 40.0 Å². The lowest BCUT2D eigenvalue weighted by Crippen LogP contribution is -2.73. The number of aromatic nitrogens is 4. The molecule has 2 amide bonds. The number of aliphatic carboxylic acids is 1. The predicted octanol–water partition coefficient (Wildman–Crippen LogP) is -2.30. The second-order valence-electron chi connectivity index (χ2n) is 10.9. The molecule has 3 heterocycles. The molecule has 0 bridgehead atoms. The molecular weight excluding hydrogens is 596 g/mol. The number of carboxylic acid groups (broad SMARTS) is 1. The van der Waals surface area contributed by atoms with Crippen molar-refractivity contribution in [1.29, 1.82) is 0 Å². The zero-order valence-corrected chi connectivity index (χ0v) is 24.7. The molecule has 0 unspecified atom stereocenters. The molecule has 42 heavy (non-hydrogen) atoms. The Morgan fingerprint density at radius 1 is 1.36 bits per heavy atom. The van der Waals surface area contributed by atoms with Gasteiger partial charge in [-0.1, -0.05) is 5.16 Å². The number of thiazole rings is 1. The SMILES string of the molecule is C[N+](C)(C)CCCNCc1cnn(C[C@@H]2[C@H](NC(=O)/C(=N\OC3(C(=O)O)CC3)c3csc(N)n3)C(=O)N2S(=O)(=O)[O-])n1. The maximum Gasteiger partial charge on any atom is 0.350 e. The van der Waals surface area contributed by atoms with E-state index in [1.165, 1.54) is 11.6 Å². The Bertz CT molecular complexity index is 1480.